The van der Waals surface area contributed by atoms with Gasteiger partial charge in [-0.15, -0.1) is 0 Å². The van der Waals surface area contributed by atoms with Crippen molar-refractivity contribution in [2.75, 3.05) is 13.2 Å². The van der Waals surface area contributed by atoms with Crippen LogP contribution in [-0.4, -0.2) is 38.9 Å². The lowest BCUT2D eigenvalue weighted by Crippen LogP contribution is -2.57. The van der Waals surface area contributed by atoms with Crippen LogP contribution in [0, 0.1) is 17.6 Å². The van der Waals surface area contributed by atoms with Crippen molar-refractivity contribution in [1.29, 1.82) is 0 Å². The van der Waals surface area contributed by atoms with Gasteiger partial charge in [-0.1, -0.05) is 11.6 Å². The molecule has 1 unspecified atom stereocenters. The van der Waals surface area contributed by atoms with Gasteiger partial charge in [0.1, 0.15) is 10.6 Å². The van der Waals surface area contributed by atoms with E-state index in [4.69, 9.17) is 21.1 Å². The molecule has 9 heteroatoms. The van der Waals surface area contributed by atoms with Crippen LogP contribution >= 0.6 is 11.6 Å². The number of aliphatic hydroxyl groups excluding tert-OH is 1. The van der Waals surface area contributed by atoms with Crippen LogP contribution in [0.25, 0.3) is 0 Å². The van der Waals surface area contributed by atoms with Crippen molar-refractivity contribution in [1.82, 2.24) is 0 Å². The monoisotopic (exact) mass is 472 g/mol. The molecule has 2 aromatic carbocycles. The lowest BCUT2D eigenvalue weighted by Gasteiger charge is -2.50. The zero-order valence-electron chi connectivity index (χ0n) is 16.9. The minimum absolute atomic E-state index is 0.0328. The molecule has 0 aliphatic carbocycles. The minimum atomic E-state index is -4.21. The number of aliphatic hydroxyl groups is 1. The highest BCUT2D eigenvalue weighted by Crippen LogP contribution is 2.56. The van der Waals surface area contributed by atoms with Crippen molar-refractivity contribution in [3.63, 3.8) is 0 Å². The van der Waals surface area contributed by atoms with E-state index in [2.05, 4.69) is 0 Å². The fourth-order valence-electron chi connectivity index (χ4n) is 4.74. The van der Waals surface area contributed by atoms with Crippen LogP contribution in [0.1, 0.15) is 31.7 Å². The van der Waals surface area contributed by atoms with Crippen molar-refractivity contribution in [3.8, 4) is 5.75 Å². The first-order valence-electron chi connectivity index (χ1n) is 10.1. The number of hydrogen-bond donors (Lipinski definition) is 1. The predicted molar refractivity (Wildman–Crippen MR) is 111 cm³/mol. The van der Waals surface area contributed by atoms with E-state index in [0.717, 1.165) is 12.1 Å². The molecule has 1 N–H and O–H groups in total. The average Bonchev–Trinajstić information content (AvgIpc) is 2.74. The fraction of sp³-hybridized carbons (Fsp3) is 0.455. The van der Waals surface area contributed by atoms with Crippen LogP contribution in [0.3, 0.4) is 0 Å². The van der Waals surface area contributed by atoms with Gasteiger partial charge in [-0.2, -0.15) is 0 Å². The van der Waals surface area contributed by atoms with E-state index in [-0.39, 0.29) is 35.8 Å². The zero-order chi connectivity index (χ0) is 22.4. The first-order valence-corrected chi connectivity index (χ1v) is 12.0. The predicted octanol–water partition coefficient (Wildman–Crippen LogP) is 4.25. The van der Waals surface area contributed by atoms with Crippen LogP contribution in [0.4, 0.5) is 8.78 Å². The van der Waals surface area contributed by atoms with Gasteiger partial charge in [0.25, 0.3) is 0 Å². The number of rotatable bonds is 5. The van der Waals surface area contributed by atoms with Gasteiger partial charge in [0, 0.05) is 17.5 Å². The largest absolute Gasteiger partial charge is 0.490 e. The molecule has 5 nitrogen and oxygen atoms in total. The second-order valence-electron chi connectivity index (χ2n) is 8.08. The van der Waals surface area contributed by atoms with E-state index >= 15 is 4.39 Å². The molecule has 168 valence electrons. The molecule has 2 aliphatic rings. The molecule has 0 amide bonds. The van der Waals surface area contributed by atoms with Gasteiger partial charge in [-0.05, 0) is 62.6 Å². The Labute approximate surface area is 184 Å². The molecule has 1 saturated heterocycles. The third-order valence-corrected chi connectivity index (χ3v) is 9.03. The third kappa shape index (κ3) is 3.63. The molecule has 4 rings (SSSR count). The van der Waals surface area contributed by atoms with E-state index in [1.165, 1.54) is 24.3 Å². The van der Waals surface area contributed by atoms with Crippen molar-refractivity contribution < 1.29 is 31.8 Å². The van der Waals surface area contributed by atoms with Crippen LogP contribution in [0.15, 0.2) is 41.3 Å². The molecule has 0 spiro atoms. The van der Waals surface area contributed by atoms with E-state index in [1.54, 1.807) is 6.92 Å². The highest BCUT2D eigenvalue weighted by atomic mass is 35.5. The Morgan fingerprint density at radius 2 is 1.87 bits per heavy atom. The fourth-order valence-corrected chi connectivity index (χ4v) is 7.21. The van der Waals surface area contributed by atoms with Crippen LogP contribution in [-0.2, 0) is 19.3 Å². The Balaban J connectivity index is 1.95. The first kappa shape index (κ1) is 22.5. The maximum atomic E-state index is 15.2. The summed E-state index contributed by atoms with van der Waals surface area (Å²) >= 11 is 5.94. The summed E-state index contributed by atoms with van der Waals surface area (Å²) in [6.45, 7) is 1.52. The Morgan fingerprint density at radius 3 is 2.55 bits per heavy atom. The lowest BCUT2D eigenvalue weighted by atomic mass is 9.74. The van der Waals surface area contributed by atoms with E-state index in [1.807, 2.05) is 0 Å². The van der Waals surface area contributed by atoms with Gasteiger partial charge in [0.2, 0.25) is 0 Å². The highest BCUT2D eigenvalue weighted by molar-refractivity contribution is 7.92. The summed E-state index contributed by atoms with van der Waals surface area (Å²) in [4.78, 5) is -0.0328. The summed E-state index contributed by atoms with van der Waals surface area (Å²) in [5.74, 6) is -2.81. The number of halogens is 3. The quantitative estimate of drug-likeness (QED) is 0.704. The first-order chi connectivity index (χ1) is 14.7. The van der Waals surface area contributed by atoms with Gasteiger partial charge < -0.3 is 14.6 Å². The standard InChI is InChI=1S/C22H23ClF2O5S/c1-13(26)2-9-19-16-12-30-21-18(25)8-7-17(24)20(21)22(16,10-11-29-19)31(27,28)15-5-3-14(23)4-6-15/h3-8,13,16,19,26H,2,9-12H2,1H3/t13-,16?,19-,22-/m0/s1. The van der Waals surface area contributed by atoms with Gasteiger partial charge in [-0.25, -0.2) is 17.2 Å². The number of benzene rings is 2. The summed E-state index contributed by atoms with van der Waals surface area (Å²) in [5.41, 5.74) is -0.288. The minimum Gasteiger partial charge on any atom is -0.490 e. The van der Waals surface area contributed by atoms with Gasteiger partial charge in [0.05, 0.1) is 29.3 Å². The van der Waals surface area contributed by atoms with E-state index < -0.39 is 44.3 Å². The smallest absolute Gasteiger partial charge is 0.189 e. The number of sulfone groups is 1. The van der Waals surface area contributed by atoms with Crippen LogP contribution in [0.2, 0.25) is 5.02 Å². The molecular weight excluding hydrogens is 450 g/mol. The lowest BCUT2D eigenvalue weighted by molar-refractivity contribution is -0.0795. The summed E-state index contributed by atoms with van der Waals surface area (Å²) in [5, 5.41) is 10.1. The maximum absolute atomic E-state index is 15.2. The second kappa shape index (κ2) is 8.31. The van der Waals surface area contributed by atoms with Gasteiger partial charge >= 0.3 is 0 Å². The molecule has 0 radical (unpaired) electrons. The second-order valence-corrected chi connectivity index (χ2v) is 10.7. The Kier molecular flexibility index (Phi) is 6.02. The van der Waals surface area contributed by atoms with Crippen LogP contribution in [0.5, 0.6) is 5.75 Å². The molecule has 1 fully saturated rings. The van der Waals surface area contributed by atoms with Crippen molar-refractivity contribution in [2.45, 2.75) is 48.0 Å². The number of fused-ring (bicyclic) bond motifs is 3. The summed E-state index contributed by atoms with van der Waals surface area (Å²) < 4.78 is 67.6. The van der Waals surface area contributed by atoms with Crippen molar-refractivity contribution in [2.24, 2.45) is 5.92 Å². The van der Waals surface area contributed by atoms with E-state index in [9.17, 15) is 17.9 Å². The molecule has 31 heavy (non-hydrogen) atoms. The molecule has 0 saturated carbocycles. The molecule has 2 heterocycles. The Hall–Kier alpha value is -1.74. The number of hydrogen-bond acceptors (Lipinski definition) is 5. The maximum Gasteiger partial charge on any atom is 0.189 e. The zero-order valence-corrected chi connectivity index (χ0v) is 18.4. The SMILES string of the molecule is C[C@H](O)CC[C@@H]1OCC[C@@]2(S(=O)(=O)c3ccc(Cl)cc3)c3c(F)ccc(F)c3OCC12. The average molecular weight is 473 g/mol. The van der Waals surface area contributed by atoms with Gasteiger partial charge in [-0.3, -0.25) is 0 Å². The molecule has 0 aromatic heterocycles. The molecule has 2 aliphatic heterocycles. The summed E-state index contributed by atoms with van der Waals surface area (Å²) in [7, 11) is -4.21. The topological polar surface area (TPSA) is 72.8 Å². The molecule has 2 aromatic rings. The Bertz CT molecular complexity index is 1070. The van der Waals surface area contributed by atoms with E-state index in [0.29, 0.717) is 17.9 Å². The molecular formula is C22H23ClF2O5S. The Morgan fingerprint density at radius 1 is 1.19 bits per heavy atom. The third-order valence-electron chi connectivity index (χ3n) is 6.21. The van der Waals surface area contributed by atoms with Gasteiger partial charge in [0.15, 0.2) is 21.4 Å². The molecule has 4 atom stereocenters. The molecule has 0 bridgehead atoms. The van der Waals surface area contributed by atoms with Crippen LogP contribution < -0.4 is 4.74 Å². The summed E-state index contributed by atoms with van der Waals surface area (Å²) in [6.07, 6.45) is -0.545. The normalized spacial score (nSPS) is 26.5. The summed E-state index contributed by atoms with van der Waals surface area (Å²) in [6, 6.07) is 7.51. The number of ether oxygens (including phenoxy) is 2. The van der Waals surface area contributed by atoms with Crippen molar-refractivity contribution >= 4 is 21.4 Å². The highest BCUT2D eigenvalue weighted by Gasteiger charge is 2.61. The van der Waals surface area contributed by atoms with Crippen molar-refractivity contribution in [3.05, 3.63) is 58.6 Å².